The molecule has 0 aliphatic carbocycles. The van der Waals surface area contributed by atoms with Crippen LogP contribution in [0.1, 0.15) is 24.1 Å². The SMILES string of the molecule is CC(C(=O)NCCn1c(C(F)(F)F)cc(=O)c2cccc(F)c21)c1ccccc1. The minimum Gasteiger partial charge on any atom is -0.354 e. The Labute approximate surface area is 163 Å². The first kappa shape index (κ1) is 20.6. The molecule has 0 aliphatic heterocycles. The van der Waals surface area contributed by atoms with Crippen LogP contribution in [0.15, 0.2) is 59.4 Å². The number of aromatic nitrogens is 1. The number of para-hydroxylation sites is 1. The second kappa shape index (κ2) is 8.06. The van der Waals surface area contributed by atoms with Crippen molar-refractivity contribution < 1.29 is 22.4 Å². The fourth-order valence-electron chi connectivity index (χ4n) is 3.19. The molecule has 29 heavy (non-hydrogen) atoms. The number of carbonyl (C=O) groups is 1. The van der Waals surface area contributed by atoms with Crippen molar-refractivity contribution in [3.05, 3.63) is 81.9 Å². The molecular formula is C21H18F4N2O2. The van der Waals surface area contributed by atoms with E-state index in [4.69, 9.17) is 0 Å². The molecule has 2 aromatic carbocycles. The number of carbonyl (C=O) groups excluding carboxylic acids is 1. The minimum absolute atomic E-state index is 0.151. The summed E-state index contributed by atoms with van der Waals surface area (Å²) in [6, 6.07) is 12.9. The van der Waals surface area contributed by atoms with Gasteiger partial charge in [-0.05, 0) is 24.6 Å². The molecule has 1 unspecified atom stereocenters. The lowest BCUT2D eigenvalue weighted by Crippen LogP contribution is -2.32. The summed E-state index contributed by atoms with van der Waals surface area (Å²) >= 11 is 0. The average Bonchev–Trinajstić information content (AvgIpc) is 2.69. The second-order valence-electron chi connectivity index (χ2n) is 6.60. The number of fused-ring (bicyclic) bond motifs is 1. The summed E-state index contributed by atoms with van der Waals surface area (Å²) in [6.45, 7) is 1.17. The maximum absolute atomic E-state index is 14.3. The Hall–Kier alpha value is -3.16. The number of benzene rings is 2. The van der Waals surface area contributed by atoms with Crippen molar-refractivity contribution in [2.75, 3.05) is 6.54 Å². The van der Waals surface area contributed by atoms with Gasteiger partial charge in [-0.3, -0.25) is 9.59 Å². The number of nitrogens with zero attached hydrogens (tertiary/aromatic N) is 1. The first-order valence-electron chi connectivity index (χ1n) is 8.92. The molecule has 0 fully saturated rings. The predicted octanol–water partition coefficient (Wildman–Crippen LogP) is 4.08. The molecule has 0 bridgehead atoms. The predicted molar refractivity (Wildman–Crippen MR) is 101 cm³/mol. The van der Waals surface area contributed by atoms with Gasteiger partial charge in [-0.25, -0.2) is 4.39 Å². The van der Waals surface area contributed by atoms with Crippen molar-refractivity contribution in [3.8, 4) is 0 Å². The number of pyridine rings is 1. The second-order valence-corrected chi connectivity index (χ2v) is 6.60. The van der Waals surface area contributed by atoms with Gasteiger partial charge in [0.25, 0.3) is 0 Å². The zero-order valence-corrected chi connectivity index (χ0v) is 15.5. The molecule has 1 heterocycles. The van der Waals surface area contributed by atoms with Gasteiger partial charge in [0.05, 0.1) is 11.4 Å². The lowest BCUT2D eigenvalue weighted by Gasteiger charge is -2.20. The van der Waals surface area contributed by atoms with E-state index in [1.165, 1.54) is 12.1 Å². The average molecular weight is 406 g/mol. The molecular weight excluding hydrogens is 388 g/mol. The molecule has 8 heteroatoms. The fraction of sp³-hybridized carbons (Fsp3) is 0.238. The third-order valence-corrected chi connectivity index (χ3v) is 4.70. The van der Waals surface area contributed by atoms with Crippen LogP contribution in [0.4, 0.5) is 17.6 Å². The molecule has 0 spiro atoms. The van der Waals surface area contributed by atoms with Crippen molar-refractivity contribution in [1.29, 1.82) is 0 Å². The molecule has 3 aromatic rings. The summed E-state index contributed by atoms with van der Waals surface area (Å²) in [5, 5.41) is 2.43. The summed E-state index contributed by atoms with van der Waals surface area (Å²) in [6.07, 6.45) is -4.85. The Morgan fingerprint density at radius 1 is 1.10 bits per heavy atom. The monoisotopic (exact) mass is 406 g/mol. The van der Waals surface area contributed by atoms with Crippen LogP contribution in [0, 0.1) is 5.82 Å². The third kappa shape index (κ3) is 4.31. The number of amides is 1. The van der Waals surface area contributed by atoms with Crippen LogP contribution in [-0.2, 0) is 17.5 Å². The van der Waals surface area contributed by atoms with E-state index in [0.29, 0.717) is 10.6 Å². The highest BCUT2D eigenvalue weighted by Gasteiger charge is 2.35. The summed E-state index contributed by atoms with van der Waals surface area (Å²) in [5.74, 6) is -1.80. The number of alkyl halides is 3. The number of hydrogen-bond acceptors (Lipinski definition) is 2. The Kier molecular flexibility index (Phi) is 5.72. The number of rotatable bonds is 5. The highest BCUT2D eigenvalue weighted by Crippen LogP contribution is 2.31. The van der Waals surface area contributed by atoms with Gasteiger partial charge >= 0.3 is 6.18 Å². The van der Waals surface area contributed by atoms with E-state index in [1.54, 1.807) is 31.2 Å². The standard InChI is InChI=1S/C21H18F4N2O2/c1-13(14-6-3-2-4-7-14)20(29)26-10-11-27-18(21(23,24)25)12-17(28)15-8-5-9-16(22)19(15)27/h2-9,12-13H,10-11H2,1H3,(H,26,29). The molecule has 1 atom stereocenters. The first-order chi connectivity index (χ1) is 13.7. The summed E-state index contributed by atoms with van der Waals surface area (Å²) in [5.41, 5.74) is -1.84. The van der Waals surface area contributed by atoms with E-state index in [1.807, 2.05) is 6.07 Å². The third-order valence-electron chi connectivity index (χ3n) is 4.70. The molecule has 0 saturated heterocycles. The van der Waals surface area contributed by atoms with Gasteiger partial charge in [-0.15, -0.1) is 0 Å². The quantitative estimate of drug-likeness (QED) is 0.650. The smallest absolute Gasteiger partial charge is 0.354 e. The molecule has 1 N–H and O–H groups in total. The Morgan fingerprint density at radius 3 is 2.45 bits per heavy atom. The van der Waals surface area contributed by atoms with Gasteiger partial charge in [0, 0.05) is 24.5 Å². The van der Waals surface area contributed by atoms with Crippen molar-refractivity contribution in [2.24, 2.45) is 0 Å². The van der Waals surface area contributed by atoms with E-state index in [9.17, 15) is 27.2 Å². The van der Waals surface area contributed by atoms with Crippen LogP contribution in [-0.4, -0.2) is 17.0 Å². The van der Waals surface area contributed by atoms with Crippen LogP contribution in [0.25, 0.3) is 10.9 Å². The normalized spacial score (nSPS) is 12.7. The van der Waals surface area contributed by atoms with Crippen LogP contribution in [0.5, 0.6) is 0 Å². The summed E-state index contributed by atoms with van der Waals surface area (Å²) in [7, 11) is 0. The number of hydrogen-bond donors (Lipinski definition) is 1. The maximum Gasteiger partial charge on any atom is 0.431 e. The van der Waals surface area contributed by atoms with Gasteiger partial charge in [0.2, 0.25) is 5.91 Å². The molecule has 1 aromatic heterocycles. The molecule has 0 aliphatic rings. The zero-order chi connectivity index (χ0) is 21.2. The fourth-order valence-corrected chi connectivity index (χ4v) is 3.19. The lowest BCUT2D eigenvalue weighted by molar-refractivity contribution is -0.143. The molecule has 0 saturated carbocycles. The van der Waals surface area contributed by atoms with Gasteiger partial charge in [0.15, 0.2) is 5.43 Å². The van der Waals surface area contributed by atoms with Crippen LogP contribution in [0.2, 0.25) is 0 Å². The van der Waals surface area contributed by atoms with E-state index >= 15 is 0 Å². The Balaban J connectivity index is 1.89. The number of nitrogens with one attached hydrogen (secondary N) is 1. The highest BCUT2D eigenvalue weighted by atomic mass is 19.4. The van der Waals surface area contributed by atoms with Gasteiger partial charge in [-0.1, -0.05) is 36.4 Å². The summed E-state index contributed by atoms with van der Waals surface area (Å²) < 4.78 is 55.4. The number of halogens is 4. The molecule has 3 rings (SSSR count). The van der Waals surface area contributed by atoms with Crippen molar-refractivity contribution in [3.63, 3.8) is 0 Å². The van der Waals surface area contributed by atoms with Gasteiger partial charge in [0.1, 0.15) is 11.5 Å². The topological polar surface area (TPSA) is 51.1 Å². The maximum atomic E-state index is 14.3. The Morgan fingerprint density at radius 2 is 1.79 bits per heavy atom. The summed E-state index contributed by atoms with van der Waals surface area (Å²) in [4.78, 5) is 24.4. The van der Waals surface area contributed by atoms with Crippen LogP contribution in [0.3, 0.4) is 0 Å². The van der Waals surface area contributed by atoms with Crippen molar-refractivity contribution >= 4 is 16.8 Å². The minimum atomic E-state index is -4.85. The van der Waals surface area contributed by atoms with E-state index in [-0.39, 0.29) is 24.4 Å². The first-order valence-corrected chi connectivity index (χ1v) is 8.92. The zero-order valence-electron chi connectivity index (χ0n) is 15.5. The molecule has 4 nitrogen and oxygen atoms in total. The lowest BCUT2D eigenvalue weighted by atomic mass is 10.0. The largest absolute Gasteiger partial charge is 0.431 e. The van der Waals surface area contributed by atoms with E-state index in [0.717, 1.165) is 11.6 Å². The van der Waals surface area contributed by atoms with E-state index in [2.05, 4.69) is 5.32 Å². The molecule has 152 valence electrons. The Bertz CT molecular complexity index is 1090. The van der Waals surface area contributed by atoms with Crippen LogP contribution < -0.4 is 10.7 Å². The van der Waals surface area contributed by atoms with Crippen molar-refractivity contribution in [1.82, 2.24) is 9.88 Å². The molecule has 1 amide bonds. The van der Waals surface area contributed by atoms with Gasteiger partial charge < -0.3 is 9.88 Å². The molecule has 0 radical (unpaired) electrons. The van der Waals surface area contributed by atoms with E-state index < -0.39 is 34.6 Å². The highest BCUT2D eigenvalue weighted by molar-refractivity contribution is 5.83. The van der Waals surface area contributed by atoms with Crippen LogP contribution >= 0.6 is 0 Å². The van der Waals surface area contributed by atoms with Crippen molar-refractivity contribution in [2.45, 2.75) is 25.6 Å². The van der Waals surface area contributed by atoms with Gasteiger partial charge in [-0.2, -0.15) is 13.2 Å².